The van der Waals surface area contributed by atoms with Gasteiger partial charge in [-0.1, -0.05) is 20.3 Å². The highest BCUT2D eigenvalue weighted by atomic mass is 32.2. The van der Waals surface area contributed by atoms with Crippen LogP contribution in [0.5, 0.6) is 0 Å². The van der Waals surface area contributed by atoms with E-state index in [1.54, 1.807) is 0 Å². The van der Waals surface area contributed by atoms with Crippen LogP contribution in [0.3, 0.4) is 0 Å². The van der Waals surface area contributed by atoms with E-state index in [0.717, 1.165) is 12.8 Å². The van der Waals surface area contributed by atoms with Gasteiger partial charge in [0.2, 0.25) is 0 Å². The van der Waals surface area contributed by atoms with Gasteiger partial charge in [0.05, 0.1) is 6.10 Å². The molecule has 19 heavy (non-hydrogen) atoms. The Kier molecular flexibility index (Phi) is 7.61. The van der Waals surface area contributed by atoms with Crippen molar-refractivity contribution in [3.8, 4) is 0 Å². The zero-order valence-electron chi connectivity index (χ0n) is 12.3. The summed E-state index contributed by atoms with van der Waals surface area (Å²) in [5.74, 6) is 0.241. The molecule has 0 aromatic rings. The Hall–Kier alpha value is -0.420. The van der Waals surface area contributed by atoms with Crippen molar-refractivity contribution in [2.24, 2.45) is 5.92 Å². The molecule has 0 aliphatic heterocycles. The molecule has 1 aliphatic rings. The summed E-state index contributed by atoms with van der Waals surface area (Å²) >= 11 is 1.90. The van der Waals surface area contributed by atoms with Crippen LogP contribution >= 0.6 is 11.8 Å². The normalized spacial score (nSPS) is 25.1. The van der Waals surface area contributed by atoms with Gasteiger partial charge >= 0.3 is 6.03 Å². The molecule has 3 unspecified atom stereocenters. The fourth-order valence-electron chi connectivity index (χ4n) is 2.39. The lowest BCUT2D eigenvalue weighted by molar-refractivity contribution is 0.116. The van der Waals surface area contributed by atoms with E-state index in [1.165, 1.54) is 12.8 Å². The highest BCUT2D eigenvalue weighted by molar-refractivity contribution is 7.99. The molecule has 112 valence electrons. The van der Waals surface area contributed by atoms with Gasteiger partial charge in [-0.25, -0.2) is 4.79 Å². The molecule has 1 fully saturated rings. The Labute approximate surface area is 121 Å². The first-order valence-electron chi connectivity index (χ1n) is 7.28. The molecule has 2 amide bonds. The number of hydrogen-bond donors (Lipinski definition) is 3. The molecule has 0 bridgehead atoms. The zero-order valence-corrected chi connectivity index (χ0v) is 13.1. The number of urea groups is 1. The SMILES string of the molecule is CSC1CCCC(NC(=O)NCCC(O)C(C)C)C1. The number of aliphatic hydroxyl groups is 1. The van der Waals surface area contributed by atoms with E-state index in [4.69, 9.17) is 0 Å². The second kappa shape index (κ2) is 8.69. The maximum absolute atomic E-state index is 11.7. The highest BCUT2D eigenvalue weighted by Gasteiger charge is 2.22. The van der Waals surface area contributed by atoms with Crippen molar-refractivity contribution in [2.45, 2.75) is 63.3 Å². The molecule has 1 aliphatic carbocycles. The van der Waals surface area contributed by atoms with Crippen molar-refractivity contribution in [1.29, 1.82) is 0 Å². The lowest BCUT2D eigenvalue weighted by atomic mass is 9.95. The van der Waals surface area contributed by atoms with Crippen LogP contribution in [0, 0.1) is 5.92 Å². The van der Waals surface area contributed by atoms with Gasteiger partial charge in [-0.2, -0.15) is 11.8 Å². The molecule has 1 rings (SSSR count). The van der Waals surface area contributed by atoms with Gasteiger partial charge in [0.15, 0.2) is 0 Å². The van der Waals surface area contributed by atoms with Crippen molar-refractivity contribution in [3.63, 3.8) is 0 Å². The fourth-order valence-corrected chi connectivity index (χ4v) is 3.22. The Morgan fingerprint density at radius 2 is 2.16 bits per heavy atom. The van der Waals surface area contributed by atoms with Crippen molar-refractivity contribution in [3.05, 3.63) is 0 Å². The average Bonchev–Trinajstić information content (AvgIpc) is 2.38. The summed E-state index contributed by atoms with van der Waals surface area (Å²) in [5, 5.41) is 16.2. The molecule has 0 aromatic heterocycles. The van der Waals surface area contributed by atoms with Crippen molar-refractivity contribution in [1.82, 2.24) is 10.6 Å². The standard InChI is InChI=1S/C14H28N2O2S/c1-10(2)13(17)7-8-15-14(18)16-11-5-4-6-12(9-11)19-3/h10-13,17H,4-9H2,1-3H3,(H2,15,16,18). The van der Waals surface area contributed by atoms with Crippen LogP contribution in [0.1, 0.15) is 46.0 Å². The van der Waals surface area contributed by atoms with Gasteiger partial charge in [0, 0.05) is 17.8 Å². The second-order valence-electron chi connectivity index (χ2n) is 5.72. The predicted octanol–water partition coefficient (Wildman–Crippen LogP) is 2.37. The van der Waals surface area contributed by atoms with Crippen LogP contribution in [-0.4, -0.2) is 41.3 Å². The van der Waals surface area contributed by atoms with Crippen LogP contribution in [-0.2, 0) is 0 Å². The van der Waals surface area contributed by atoms with Crippen molar-refractivity contribution in [2.75, 3.05) is 12.8 Å². The lowest BCUT2D eigenvalue weighted by Crippen LogP contribution is -2.45. The van der Waals surface area contributed by atoms with E-state index < -0.39 is 0 Å². The minimum atomic E-state index is -0.337. The number of hydrogen-bond acceptors (Lipinski definition) is 3. The summed E-state index contributed by atoms with van der Waals surface area (Å²) in [6.45, 7) is 4.49. The van der Waals surface area contributed by atoms with Crippen LogP contribution < -0.4 is 10.6 Å². The number of carbonyl (C=O) groups excluding carboxylic acids is 1. The fraction of sp³-hybridized carbons (Fsp3) is 0.929. The molecule has 0 spiro atoms. The first-order chi connectivity index (χ1) is 9.02. The van der Waals surface area contributed by atoms with Crippen molar-refractivity contribution < 1.29 is 9.90 Å². The molecule has 4 nitrogen and oxygen atoms in total. The lowest BCUT2D eigenvalue weighted by Gasteiger charge is -2.28. The molecule has 0 aromatic carbocycles. The first-order valence-corrected chi connectivity index (χ1v) is 8.57. The number of aliphatic hydroxyl groups excluding tert-OH is 1. The molecule has 3 N–H and O–H groups in total. The van der Waals surface area contributed by atoms with Gasteiger partial charge in [-0.15, -0.1) is 0 Å². The monoisotopic (exact) mass is 288 g/mol. The zero-order chi connectivity index (χ0) is 14.3. The smallest absolute Gasteiger partial charge is 0.315 e. The number of amides is 2. The van der Waals surface area contributed by atoms with Crippen LogP contribution in [0.2, 0.25) is 0 Å². The molecule has 0 saturated heterocycles. The largest absolute Gasteiger partial charge is 0.393 e. The topological polar surface area (TPSA) is 61.4 Å². The molecule has 5 heteroatoms. The maximum Gasteiger partial charge on any atom is 0.315 e. The average molecular weight is 288 g/mol. The van der Waals surface area contributed by atoms with Crippen LogP contribution in [0.4, 0.5) is 4.79 Å². The summed E-state index contributed by atoms with van der Waals surface area (Å²) in [7, 11) is 0. The molecular weight excluding hydrogens is 260 g/mol. The minimum Gasteiger partial charge on any atom is -0.393 e. The summed E-state index contributed by atoms with van der Waals surface area (Å²) < 4.78 is 0. The van der Waals surface area contributed by atoms with E-state index >= 15 is 0 Å². The van der Waals surface area contributed by atoms with Gasteiger partial charge in [0.25, 0.3) is 0 Å². The Morgan fingerprint density at radius 3 is 2.79 bits per heavy atom. The molecule has 0 radical (unpaired) electrons. The third-order valence-electron chi connectivity index (χ3n) is 3.79. The van der Waals surface area contributed by atoms with Gasteiger partial charge in [-0.3, -0.25) is 0 Å². The summed E-state index contributed by atoms with van der Waals surface area (Å²) in [4.78, 5) is 11.7. The van der Waals surface area contributed by atoms with E-state index in [1.807, 2.05) is 25.6 Å². The van der Waals surface area contributed by atoms with Gasteiger partial charge in [0.1, 0.15) is 0 Å². The molecule has 1 saturated carbocycles. The van der Waals surface area contributed by atoms with Gasteiger partial charge in [-0.05, 0) is 37.9 Å². The van der Waals surface area contributed by atoms with E-state index in [0.29, 0.717) is 24.3 Å². The third-order valence-corrected chi connectivity index (χ3v) is 4.88. The molecular formula is C14H28N2O2S. The number of thioether (sulfide) groups is 1. The highest BCUT2D eigenvalue weighted by Crippen LogP contribution is 2.26. The Morgan fingerprint density at radius 1 is 1.42 bits per heavy atom. The molecule has 0 heterocycles. The maximum atomic E-state index is 11.7. The Balaban J connectivity index is 2.16. The minimum absolute atomic E-state index is 0.0947. The van der Waals surface area contributed by atoms with Crippen LogP contribution in [0.25, 0.3) is 0 Å². The quantitative estimate of drug-likeness (QED) is 0.703. The Bertz CT molecular complexity index is 274. The molecule has 3 atom stereocenters. The van der Waals surface area contributed by atoms with E-state index in [-0.39, 0.29) is 18.1 Å². The summed E-state index contributed by atoms with van der Waals surface area (Å²) in [6, 6.07) is 0.212. The number of carbonyl (C=O) groups is 1. The first kappa shape index (κ1) is 16.6. The summed E-state index contributed by atoms with van der Waals surface area (Å²) in [5.41, 5.74) is 0. The van der Waals surface area contributed by atoms with E-state index in [9.17, 15) is 9.90 Å². The number of nitrogens with one attached hydrogen (secondary N) is 2. The number of rotatable bonds is 6. The summed E-state index contributed by atoms with van der Waals surface area (Å²) in [6.07, 6.45) is 7.03. The van der Waals surface area contributed by atoms with Crippen LogP contribution in [0.15, 0.2) is 0 Å². The van der Waals surface area contributed by atoms with Gasteiger partial charge < -0.3 is 15.7 Å². The third kappa shape index (κ3) is 6.52. The second-order valence-corrected chi connectivity index (χ2v) is 6.86. The predicted molar refractivity (Wildman–Crippen MR) is 81.6 cm³/mol. The van der Waals surface area contributed by atoms with Crippen molar-refractivity contribution >= 4 is 17.8 Å². The van der Waals surface area contributed by atoms with E-state index in [2.05, 4.69) is 16.9 Å².